The van der Waals surface area contributed by atoms with E-state index >= 15 is 0 Å². The summed E-state index contributed by atoms with van der Waals surface area (Å²) < 4.78 is 40.4. The fourth-order valence-corrected chi connectivity index (χ4v) is 5.28. The molecule has 2 aliphatic rings. The molecule has 2 aromatic carbocycles. The molecule has 26 heavy (non-hydrogen) atoms. The van der Waals surface area contributed by atoms with Crippen LogP contribution >= 0.6 is 0 Å². The Labute approximate surface area is 151 Å². The summed E-state index contributed by atoms with van der Waals surface area (Å²) in [5.41, 5.74) is 1.42. The standard InChI is InChI=1S/C19H19FN2O3S/c1-12-2-8-16(9-3-12)26(24,25)22-11-13-10-17(13)18(22)19(23)21-15-6-4-14(20)5-7-15/h2-9,13,17-18H,10-11H2,1H3,(H,21,23)/t13-,17-,18-/m0/s1. The summed E-state index contributed by atoms with van der Waals surface area (Å²) in [6, 6.07) is 11.4. The third-order valence-electron chi connectivity index (χ3n) is 5.12. The number of fused-ring (bicyclic) bond motifs is 1. The highest BCUT2D eigenvalue weighted by molar-refractivity contribution is 7.89. The molecule has 0 aromatic heterocycles. The number of piperidine rings is 1. The highest BCUT2D eigenvalue weighted by Gasteiger charge is 2.58. The Balaban J connectivity index is 1.59. The van der Waals surface area contributed by atoms with Gasteiger partial charge in [-0.3, -0.25) is 4.79 Å². The van der Waals surface area contributed by atoms with Crippen molar-refractivity contribution in [2.24, 2.45) is 11.8 Å². The van der Waals surface area contributed by atoms with Crippen molar-refractivity contribution in [1.82, 2.24) is 4.31 Å². The van der Waals surface area contributed by atoms with Crippen molar-refractivity contribution in [3.8, 4) is 0 Å². The average molecular weight is 374 g/mol. The smallest absolute Gasteiger partial charge is 0.243 e. The Hall–Kier alpha value is -2.25. The number of hydrogen-bond acceptors (Lipinski definition) is 3. The van der Waals surface area contributed by atoms with Crippen molar-refractivity contribution in [3.63, 3.8) is 0 Å². The molecule has 1 saturated heterocycles. The van der Waals surface area contributed by atoms with E-state index in [0.717, 1.165) is 12.0 Å². The Bertz CT molecular complexity index is 942. The summed E-state index contributed by atoms with van der Waals surface area (Å²) in [6.07, 6.45) is 0.863. The maximum absolute atomic E-state index is 13.0. The summed E-state index contributed by atoms with van der Waals surface area (Å²) in [5, 5.41) is 2.72. The van der Waals surface area contributed by atoms with Crippen molar-refractivity contribution >= 4 is 21.6 Å². The number of carbonyl (C=O) groups excluding carboxylic acids is 1. The summed E-state index contributed by atoms with van der Waals surface area (Å²) in [4.78, 5) is 13.0. The number of halogens is 1. The van der Waals surface area contributed by atoms with Gasteiger partial charge < -0.3 is 5.32 Å². The molecule has 7 heteroatoms. The first-order valence-electron chi connectivity index (χ1n) is 8.51. The number of nitrogens with zero attached hydrogens (tertiary/aromatic N) is 1. The van der Waals surface area contributed by atoms with Crippen LogP contribution in [0, 0.1) is 24.6 Å². The maximum atomic E-state index is 13.0. The minimum absolute atomic E-state index is 0.0515. The van der Waals surface area contributed by atoms with Gasteiger partial charge in [0.1, 0.15) is 11.9 Å². The van der Waals surface area contributed by atoms with Crippen LogP contribution in [0.3, 0.4) is 0 Å². The number of nitrogens with one attached hydrogen (secondary N) is 1. The lowest BCUT2D eigenvalue weighted by Gasteiger charge is -2.26. The molecule has 3 atom stereocenters. The SMILES string of the molecule is Cc1ccc(S(=O)(=O)N2C[C@@H]3C[C@@H]3[C@H]2C(=O)Nc2ccc(F)cc2)cc1. The third kappa shape index (κ3) is 3.01. The van der Waals surface area contributed by atoms with Gasteiger partial charge in [-0.05, 0) is 61.6 Å². The summed E-state index contributed by atoms with van der Waals surface area (Å²) >= 11 is 0. The molecule has 0 bridgehead atoms. The van der Waals surface area contributed by atoms with Crippen molar-refractivity contribution in [3.05, 3.63) is 59.9 Å². The van der Waals surface area contributed by atoms with E-state index < -0.39 is 21.9 Å². The Kier molecular flexibility index (Phi) is 4.08. The number of benzene rings is 2. The maximum Gasteiger partial charge on any atom is 0.243 e. The van der Waals surface area contributed by atoms with E-state index in [1.54, 1.807) is 24.3 Å². The Morgan fingerprint density at radius 2 is 1.77 bits per heavy atom. The Morgan fingerprint density at radius 1 is 1.12 bits per heavy atom. The van der Waals surface area contributed by atoms with E-state index in [4.69, 9.17) is 0 Å². The lowest BCUT2D eigenvalue weighted by atomic mass is 10.2. The van der Waals surface area contributed by atoms with Gasteiger partial charge in [-0.15, -0.1) is 0 Å². The first-order valence-corrected chi connectivity index (χ1v) is 9.95. The molecule has 0 unspecified atom stereocenters. The predicted octanol–water partition coefficient (Wildman–Crippen LogP) is 2.78. The van der Waals surface area contributed by atoms with Crippen molar-refractivity contribution in [2.45, 2.75) is 24.3 Å². The van der Waals surface area contributed by atoms with Gasteiger partial charge in [-0.1, -0.05) is 17.7 Å². The summed E-state index contributed by atoms with van der Waals surface area (Å²) in [6.45, 7) is 2.25. The summed E-state index contributed by atoms with van der Waals surface area (Å²) in [7, 11) is -3.74. The second kappa shape index (κ2) is 6.17. The van der Waals surface area contributed by atoms with Crippen LogP contribution in [-0.4, -0.2) is 31.2 Å². The largest absolute Gasteiger partial charge is 0.325 e. The normalized spacial score (nSPS) is 24.9. The van der Waals surface area contributed by atoms with Crippen molar-refractivity contribution in [1.29, 1.82) is 0 Å². The minimum atomic E-state index is -3.74. The van der Waals surface area contributed by atoms with Gasteiger partial charge in [0.05, 0.1) is 4.90 Å². The summed E-state index contributed by atoms with van der Waals surface area (Å²) in [5.74, 6) is -0.471. The highest BCUT2D eigenvalue weighted by atomic mass is 32.2. The quantitative estimate of drug-likeness (QED) is 0.895. The van der Waals surface area contributed by atoms with Gasteiger partial charge in [-0.2, -0.15) is 4.31 Å². The zero-order valence-corrected chi connectivity index (χ0v) is 15.0. The van der Waals surface area contributed by atoms with Gasteiger partial charge in [-0.25, -0.2) is 12.8 Å². The zero-order valence-electron chi connectivity index (χ0n) is 14.2. The molecule has 1 saturated carbocycles. The number of aryl methyl sites for hydroxylation is 1. The van der Waals surface area contributed by atoms with Crippen LogP contribution in [-0.2, 0) is 14.8 Å². The molecule has 5 nitrogen and oxygen atoms in total. The number of carbonyl (C=O) groups is 1. The minimum Gasteiger partial charge on any atom is -0.325 e. The van der Waals surface area contributed by atoms with E-state index in [-0.39, 0.29) is 22.6 Å². The second-order valence-electron chi connectivity index (χ2n) is 6.99. The van der Waals surface area contributed by atoms with E-state index in [2.05, 4.69) is 5.32 Å². The van der Waals surface area contributed by atoms with Crippen LogP contribution in [0.4, 0.5) is 10.1 Å². The number of anilines is 1. The zero-order chi connectivity index (χ0) is 18.5. The molecule has 0 radical (unpaired) electrons. The van der Waals surface area contributed by atoms with Crippen molar-refractivity contribution in [2.75, 3.05) is 11.9 Å². The first-order chi connectivity index (χ1) is 12.4. The predicted molar refractivity (Wildman–Crippen MR) is 95.5 cm³/mol. The van der Waals surface area contributed by atoms with E-state index in [1.165, 1.54) is 28.6 Å². The van der Waals surface area contributed by atoms with Gasteiger partial charge in [0.2, 0.25) is 15.9 Å². The molecule has 2 aromatic rings. The highest BCUT2D eigenvalue weighted by Crippen LogP contribution is 2.51. The van der Waals surface area contributed by atoms with Crippen LogP contribution in [0.2, 0.25) is 0 Å². The molecule has 4 rings (SSSR count). The van der Waals surface area contributed by atoms with Gasteiger partial charge in [0, 0.05) is 12.2 Å². The van der Waals surface area contributed by atoms with Crippen LogP contribution in [0.1, 0.15) is 12.0 Å². The van der Waals surface area contributed by atoms with Crippen LogP contribution in [0.25, 0.3) is 0 Å². The topological polar surface area (TPSA) is 66.5 Å². The average Bonchev–Trinajstić information content (AvgIpc) is 3.26. The number of rotatable bonds is 4. The number of hydrogen-bond donors (Lipinski definition) is 1. The van der Waals surface area contributed by atoms with E-state index in [9.17, 15) is 17.6 Å². The van der Waals surface area contributed by atoms with Crippen molar-refractivity contribution < 1.29 is 17.6 Å². The van der Waals surface area contributed by atoms with E-state index in [0.29, 0.717) is 12.2 Å². The molecular weight excluding hydrogens is 355 g/mol. The lowest BCUT2D eigenvalue weighted by Crippen LogP contribution is -2.45. The van der Waals surface area contributed by atoms with Gasteiger partial charge >= 0.3 is 0 Å². The van der Waals surface area contributed by atoms with Gasteiger partial charge in [0.15, 0.2) is 0 Å². The van der Waals surface area contributed by atoms with Crippen LogP contribution in [0.15, 0.2) is 53.4 Å². The number of sulfonamides is 1. The molecule has 1 heterocycles. The molecule has 2 fully saturated rings. The molecule has 1 aliphatic heterocycles. The molecule has 1 amide bonds. The van der Waals surface area contributed by atoms with Gasteiger partial charge in [0.25, 0.3) is 0 Å². The second-order valence-corrected chi connectivity index (χ2v) is 8.88. The number of amides is 1. The molecular formula is C19H19FN2O3S. The molecule has 1 N–H and O–H groups in total. The fourth-order valence-electron chi connectivity index (χ4n) is 3.59. The molecule has 0 spiro atoms. The Morgan fingerprint density at radius 3 is 2.42 bits per heavy atom. The third-order valence-corrected chi connectivity index (χ3v) is 6.98. The fraction of sp³-hybridized carbons (Fsp3) is 0.316. The van der Waals surface area contributed by atoms with E-state index in [1.807, 2.05) is 6.92 Å². The lowest BCUT2D eigenvalue weighted by molar-refractivity contribution is -0.119. The molecule has 1 aliphatic carbocycles. The van der Waals surface area contributed by atoms with Crippen LogP contribution in [0.5, 0.6) is 0 Å². The first kappa shape index (κ1) is 17.2. The molecule has 136 valence electrons. The monoisotopic (exact) mass is 374 g/mol. The van der Waals surface area contributed by atoms with Crippen LogP contribution < -0.4 is 5.32 Å².